The van der Waals surface area contributed by atoms with Crippen molar-refractivity contribution < 1.29 is 4.92 Å². The minimum absolute atomic E-state index is 0.0636. The monoisotopic (exact) mass is 400 g/mol. The quantitative estimate of drug-likeness (QED) is 0.312. The Morgan fingerprint density at radius 3 is 2.33 bits per heavy atom. The van der Waals surface area contributed by atoms with Crippen LogP contribution in [0.15, 0.2) is 59.6 Å². The molecule has 0 unspecified atom stereocenters. The Balaban J connectivity index is 1.96. The Labute approximate surface area is 165 Å². The number of non-ortho nitro benzene ring substituents is 1. The molecule has 3 rings (SSSR count). The lowest BCUT2D eigenvalue weighted by Crippen LogP contribution is -2.06. The van der Waals surface area contributed by atoms with Gasteiger partial charge in [-0.05, 0) is 28.5 Å². The molecule has 0 fully saturated rings. The zero-order valence-corrected chi connectivity index (χ0v) is 17.0. The third-order valence-corrected chi connectivity index (χ3v) is 6.96. The van der Waals surface area contributed by atoms with E-state index < -0.39 is 4.92 Å². The van der Waals surface area contributed by atoms with Gasteiger partial charge in [0.05, 0.1) is 11.5 Å². The molecule has 0 atom stereocenters. The number of nitro benzene ring substituents is 1. The van der Waals surface area contributed by atoms with Crippen molar-refractivity contribution in [1.29, 1.82) is 0 Å². The molecule has 3 aromatic rings. The first kappa shape index (κ1) is 19.4. The van der Waals surface area contributed by atoms with Crippen LogP contribution in [0.5, 0.6) is 0 Å². The lowest BCUT2D eigenvalue weighted by molar-refractivity contribution is -0.384. The van der Waals surface area contributed by atoms with Gasteiger partial charge in [-0.2, -0.15) is 0 Å². The van der Waals surface area contributed by atoms with Crippen LogP contribution in [0.3, 0.4) is 0 Å². The molecule has 0 saturated carbocycles. The Hall–Kier alpha value is -2.32. The fraction of sp³-hybridized carbons (Fsp3) is 0.263. The number of nitrogens with zero attached hydrogens (tertiary/aromatic N) is 4. The van der Waals surface area contributed by atoms with E-state index in [2.05, 4.69) is 43.2 Å². The van der Waals surface area contributed by atoms with E-state index in [-0.39, 0.29) is 10.4 Å². The van der Waals surface area contributed by atoms with Crippen LogP contribution >= 0.6 is 21.6 Å². The highest BCUT2D eigenvalue weighted by molar-refractivity contribution is 8.77. The molecule has 0 N–H and O–H groups in total. The third kappa shape index (κ3) is 5.11. The van der Waals surface area contributed by atoms with Crippen molar-refractivity contribution in [1.82, 2.24) is 15.0 Å². The van der Waals surface area contributed by atoms with Crippen LogP contribution in [0.25, 0.3) is 11.3 Å². The molecule has 0 aliphatic carbocycles. The lowest BCUT2D eigenvalue weighted by atomic mass is 10.1. The number of benzene rings is 2. The summed E-state index contributed by atoms with van der Waals surface area (Å²) in [5.74, 6) is 0. The van der Waals surface area contributed by atoms with Gasteiger partial charge in [-0.15, -0.1) is 5.10 Å². The minimum atomic E-state index is -0.402. The Morgan fingerprint density at radius 2 is 1.74 bits per heavy atom. The van der Waals surface area contributed by atoms with E-state index in [0.29, 0.717) is 6.54 Å². The second-order valence-electron chi connectivity index (χ2n) is 6.97. The molecule has 0 saturated heterocycles. The van der Waals surface area contributed by atoms with Gasteiger partial charge >= 0.3 is 0 Å². The van der Waals surface area contributed by atoms with Crippen LogP contribution in [0, 0.1) is 10.1 Å². The molecule has 0 amide bonds. The molecule has 0 aliphatic rings. The summed E-state index contributed by atoms with van der Waals surface area (Å²) in [6, 6.07) is 16.5. The maximum absolute atomic E-state index is 10.9. The molecular weight excluding hydrogens is 380 g/mol. The molecule has 2 aromatic carbocycles. The molecule has 1 aromatic heterocycles. The van der Waals surface area contributed by atoms with E-state index in [1.165, 1.54) is 12.1 Å². The molecule has 0 radical (unpaired) electrons. The summed E-state index contributed by atoms with van der Waals surface area (Å²) in [6.07, 6.45) is 0. The summed E-state index contributed by atoms with van der Waals surface area (Å²) in [5, 5.41) is 20.6. The molecule has 140 valence electrons. The van der Waals surface area contributed by atoms with Crippen LogP contribution < -0.4 is 0 Å². The zero-order valence-electron chi connectivity index (χ0n) is 15.3. The molecule has 27 heavy (non-hydrogen) atoms. The SMILES string of the molecule is CC(C)(C)SSc1c(-c2ccc([N+](=O)[O-])cc2)nnn1Cc1ccccc1. The third-order valence-electron chi connectivity index (χ3n) is 3.59. The first-order valence-electron chi connectivity index (χ1n) is 8.41. The molecular formula is C19H20N4O2S2. The number of rotatable bonds is 6. The van der Waals surface area contributed by atoms with Gasteiger partial charge in [0.1, 0.15) is 10.7 Å². The van der Waals surface area contributed by atoms with E-state index in [9.17, 15) is 10.1 Å². The molecule has 6 nitrogen and oxygen atoms in total. The van der Waals surface area contributed by atoms with Crippen molar-refractivity contribution in [3.63, 3.8) is 0 Å². The van der Waals surface area contributed by atoms with Gasteiger partial charge in [-0.3, -0.25) is 10.1 Å². The second-order valence-corrected chi connectivity index (χ2v) is 9.91. The maximum atomic E-state index is 10.9. The maximum Gasteiger partial charge on any atom is 0.269 e. The minimum Gasteiger partial charge on any atom is -0.258 e. The van der Waals surface area contributed by atoms with E-state index in [1.807, 2.05) is 22.9 Å². The van der Waals surface area contributed by atoms with E-state index >= 15 is 0 Å². The average molecular weight is 401 g/mol. The highest BCUT2D eigenvalue weighted by Crippen LogP contribution is 2.43. The van der Waals surface area contributed by atoms with Crippen LogP contribution in [0.1, 0.15) is 26.3 Å². The fourth-order valence-corrected chi connectivity index (χ4v) is 4.57. The summed E-state index contributed by atoms with van der Waals surface area (Å²) in [7, 11) is 3.37. The highest BCUT2D eigenvalue weighted by atomic mass is 33.1. The van der Waals surface area contributed by atoms with E-state index in [1.54, 1.807) is 33.7 Å². The Bertz CT molecular complexity index is 919. The normalized spacial score (nSPS) is 11.5. The first-order valence-corrected chi connectivity index (χ1v) is 10.6. The van der Waals surface area contributed by atoms with E-state index in [0.717, 1.165) is 21.8 Å². The summed E-state index contributed by atoms with van der Waals surface area (Å²) in [6.45, 7) is 7.08. The highest BCUT2D eigenvalue weighted by Gasteiger charge is 2.20. The van der Waals surface area contributed by atoms with Gasteiger partial charge in [0.2, 0.25) is 0 Å². The topological polar surface area (TPSA) is 73.8 Å². The van der Waals surface area contributed by atoms with Crippen molar-refractivity contribution in [3.05, 3.63) is 70.3 Å². The molecule has 0 bridgehead atoms. The lowest BCUT2D eigenvalue weighted by Gasteiger charge is -2.17. The average Bonchev–Trinajstić information content (AvgIpc) is 3.03. The largest absolute Gasteiger partial charge is 0.269 e. The fourth-order valence-electron chi connectivity index (χ4n) is 2.33. The van der Waals surface area contributed by atoms with Crippen molar-refractivity contribution in [2.45, 2.75) is 37.1 Å². The van der Waals surface area contributed by atoms with Crippen LogP contribution in [0.4, 0.5) is 5.69 Å². The van der Waals surface area contributed by atoms with Crippen molar-refractivity contribution >= 4 is 27.3 Å². The van der Waals surface area contributed by atoms with Gasteiger partial charge in [-0.1, -0.05) is 67.1 Å². The Kier molecular flexibility index (Phi) is 5.86. The Morgan fingerprint density at radius 1 is 1.07 bits per heavy atom. The predicted octanol–water partition coefficient (Wildman–Crippen LogP) is 5.44. The number of aromatic nitrogens is 3. The predicted molar refractivity (Wildman–Crippen MR) is 111 cm³/mol. The van der Waals surface area contributed by atoms with Crippen molar-refractivity contribution in [3.8, 4) is 11.3 Å². The van der Waals surface area contributed by atoms with Crippen LogP contribution in [0.2, 0.25) is 0 Å². The summed E-state index contributed by atoms with van der Waals surface area (Å²) in [5.41, 5.74) is 2.76. The van der Waals surface area contributed by atoms with Crippen LogP contribution in [-0.2, 0) is 6.54 Å². The summed E-state index contributed by atoms with van der Waals surface area (Å²) < 4.78 is 1.95. The zero-order chi connectivity index (χ0) is 19.4. The van der Waals surface area contributed by atoms with Crippen molar-refractivity contribution in [2.24, 2.45) is 0 Å². The van der Waals surface area contributed by atoms with Crippen molar-refractivity contribution in [2.75, 3.05) is 0 Å². The standard InChI is InChI=1S/C19H20N4O2S2/c1-19(2,3)27-26-18-17(15-9-11-16(12-10-15)23(24)25)20-21-22(18)13-14-7-5-4-6-8-14/h4-12H,13H2,1-3H3. The summed E-state index contributed by atoms with van der Waals surface area (Å²) in [4.78, 5) is 10.5. The smallest absolute Gasteiger partial charge is 0.258 e. The number of nitro groups is 1. The molecule has 0 aliphatic heterocycles. The number of hydrogen-bond donors (Lipinski definition) is 0. The number of hydrogen-bond acceptors (Lipinski definition) is 6. The molecule has 8 heteroatoms. The first-order chi connectivity index (χ1) is 12.8. The molecule has 1 heterocycles. The van der Waals surface area contributed by atoms with Gasteiger partial charge in [0, 0.05) is 22.4 Å². The van der Waals surface area contributed by atoms with Gasteiger partial charge in [0.25, 0.3) is 5.69 Å². The van der Waals surface area contributed by atoms with Gasteiger partial charge in [-0.25, -0.2) is 4.68 Å². The summed E-state index contributed by atoms with van der Waals surface area (Å²) >= 11 is 0. The molecule has 0 spiro atoms. The van der Waals surface area contributed by atoms with E-state index in [4.69, 9.17) is 0 Å². The van der Waals surface area contributed by atoms with Gasteiger partial charge in [0.15, 0.2) is 0 Å². The second kappa shape index (κ2) is 8.14. The van der Waals surface area contributed by atoms with Crippen LogP contribution in [-0.4, -0.2) is 24.7 Å². The van der Waals surface area contributed by atoms with Gasteiger partial charge < -0.3 is 0 Å².